The van der Waals surface area contributed by atoms with Gasteiger partial charge in [-0.2, -0.15) is 5.10 Å². The minimum Gasteiger partial charge on any atom is -0.293 e. The molecule has 0 aliphatic rings. The highest BCUT2D eigenvalue weighted by Gasteiger charge is 2.12. The molecule has 0 fully saturated rings. The van der Waals surface area contributed by atoms with Crippen LogP contribution < -0.4 is 0 Å². The van der Waals surface area contributed by atoms with Gasteiger partial charge >= 0.3 is 0 Å². The van der Waals surface area contributed by atoms with Crippen LogP contribution in [-0.2, 0) is 0 Å². The van der Waals surface area contributed by atoms with Gasteiger partial charge in [0.15, 0.2) is 5.78 Å². The quantitative estimate of drug-likeness (QED) is 0.715. The summed E-state index contributed by atoms with van der Waals surface area (Å²) in [4.78, 5) is 11.1. The Morgan fingerprint density at radius 2 is 2.31 bits per heavy atom. The van der Waals surface area contributed by atoms with Crippen LogP contribution in [0.15, 0.2) is 28.9 Å². The third-order valence-corrected chi connectivity index (χ3v) is 2.60. The van der Waals surface area contributed by atoms with E-state index in [1.807, 2.05) is 24.4 Å². The summed E-state index contributed by atoms with van der Waals surface area (Å²) in [5.74, 6) is -0.0319. The van der Waals surface area contributed by atoms with Gasteiger partial charge in [0.2, 0.25) is 0 Å². The summed E-state index contributed by atoms with van der Waals surface area (Å²) in [5, 5.41) is 4.13. The summed E-state index contributed by atoms with van der Waals surface area (Å²) in [6, 6.07) is 5.69. The van der Waals surface area contributed by atoms with Crippen LogP contribution in [0.5, 0.6) is 0 Å². The molecule has 2 aromatic heterocycles. The first-order valence-corrected chi connectivity index (χ1v) is 4.63. The van der Waals surface area contributed by atoms with E-state index >= 15 is 0 Å². The Hall–Kier alpha value is -1.16. The van der Waals surface area contributed by atoms with Crippen LogP contribution in [0.1, 0.15) is 17.4 Å². The maximum Gasteiger partial charge on any atom is 0.181 e. The van der Waals surface area contributed by atoms with Crippen molar-refractivity contribution in [1.82, 2.24) is 9.61 Å². The summed E-state index contributed by atoms with van der Waals surface area (Å²) >= 11 is 3.35. The number of carbonyl (C=O) groups excluding carboxylic acids is 1. The molecule has 2 heterocycles. The molecule has 0 spiro atoms. The predicted molar refractivity (Wildman–Crippen MR) is 52.9 cm³/mol. The predicted octanol–water partition coefficient (Wildman–Crippen LogP) is 2.30. The molecule has 0 aliphatic carbocycles. The molecular formula is C9H7BrN2O. The van der Waals surface area contributed by atoms with Crippen LogP contribution in [0.3, 0.4) is 0 Å². The van der Waals surface area contributed by atoms with E-state index in [2.05, 4.69) is 21.0 Å². The zero-order chi connectivity index (χ0) is 9.42. The Balaban J connectivity index is 2.81. The van der Waals surface area contributed by atoms with Crippen LogP contribution in [0.25, 0.3) is 5.52 Å². The van der Waals surface area contributed by atoms with Crippen molar-refractivity contribution in [2.24, 2.45) is 0 Å². The number of halogens is 1. The SMILES string of the molecule is CC(=O)c1nn2ccccc2c1Br. The fourth-order valence-electron chi connectivity index (χ4n) is 1.19. The molecule has 2 rings (SSSR count). The van der Waals surface area contributed by atoms with Gasteiger partial charge in [0.25, 0.3) is 0 Å². The minimum absolute atomic E-state index is 0.0319. The Morgan fingerprint density at radius 1 is 1.54 bits per heavy atom. The van der Waals surface area contributed by atoms with Crippen molar-refractivity contribution in [2.75, 3.05) is 0 Å². The van der Waals surface area contributed by atoms with Crippen molar-refractivity contribution < 1.29 is 4.79 Å². The van der Waals surface area contributed by atoms with E-state index in [1.165, 1.54) is 6.92 Å². The topological polar surface area (TPSA) is 34.4 Å². The summed E-state index contributed by atoms with van der Waals surface area (Å²) in [7, 11) is 0. The molecule has 0 aromatic carbocycles. The van der Waals surface area contributed by atoms with Gasteiger partial charge in [-0.3, -0.25) is 4.79 Å². The third kappa shape index (κ3) is 1.27. The van der Waals surface area contributed by atoms with E-state index in [0.717, 1.165) is 9.99 Å². The standard InChI is InChI=1S/C9H7BrN2O/c1-6(13)9-8(10)7-4-2-3-5-12(7)11-9/h2-5H,1H3. The van der Waals surface area contributed by atoms with Crippen LogP contribution in [0.2, 0.25) is 0 Å². The van der Waals surface area contributed by atoms with Crippen LogP contribution >= 0.6 is 15.9 Å². The van der Waals surface area contributed by atoms with E-state index in [-0.39, 0.29) is 5.78 Å². The zero-order valence-corrected chi connectivity index (χ0v) is 8.58. The number of pyridine rings is 1. The summed E-state index contributed by atoms with van der Waals surface area (Å²) < 4.78 is 2.45. The van der Waals surface area contributed by atoms with Crippen molar-refractivity contribution in [3.63, 3.8) is 0 Å². The second-order valence-corrected chi connectivity index (χ2v) is 3.54. The molecule has 0 saturated carbocycles. The molecule has 0 saturated heterocycles. The van der Waals surface area contributed by atoms with E-state index in [1.54, 1.807) is 4.52 Å². The molecule has 0 aliphatic heterocycles. The van der Waals surface area contributed by atoms with Gasteiger partial charge in [-0.25, -0.2) is 4.52 Å². The molecule has 3 nitrogen and oxygen atoms in total. The number of aromatic nitrogens is 2. The molecular weight excluding hydrogens is 232 g/mol. The molecule has 2 aromatic rings. The molecule has 0 N–H and O–H groups in total. The van der Waals surface area contributed by atoms with Crippen molar-refractivity contribution in [3.05, 3.63) is 34.6 Å². The monoisotopic (exact) mass is 238 g/mol. The van der Waals surface area contributed by atoms with Gasteiger partial charge < -0.3 is 0 Å². The van der Waals surface area contributed by atoms with E-state index < -0.39 is 0 Å². The lowest BCUT2D eigenvalue weighted by atomic mass is 10.3. The fraction of sp³-hybridized carbons (Fsp3) is 0.111. The van der Waals surface area contributed by atoms with Crippen molar-refractivity contribution in [2.45, 2.75) is 6.92 Å². The van der Waals surface area contributed by atoms with Gasteiger partial charge in [-0.05, 0) is 28.1 Å². The highest BCUT2D eigenvalue weighted by Crippen LogP contribution is 2.22. The number of Topliss-reactive ketones (excluding diaryl/α,β-unsaturated/α-hetero) is 1. The number of nitrogens with zero attached hydrogens (tertiary/aromatic N) is 2. The molecule has 0 atom stereocenters. The van der Waals surface area contributed by atoms with E-state index in [9.17, 15) is 4.79 Å². The van der Waals surface area contributed by atoms with Gasteiger partial charge in [-0.1, -0.05) is 6.07 Å². The Labute approximate surface area is 83.5 Å². The fourth-order valence-corrected chi connectivity index (χ4v) is 1.87. The smallest absolute Gasteiger partial charge is 0.181 e. The first-order chi connectivity index (χ1) is 6.20. The van der Waals surface area contributed by atoms with E-state index in [4.69, 9.17) is 0 Å². The molecule has 0 bridgehead atoms. The Kier molecular flexibility index (Phi) is 1.92. The van der Waals surface area contributed by atoms with E-state index in [0.29, 0.717) is 5.69 Å². The minimum atomic E-state index is -0.0319. The molecule has 13 heavy (non-hydrogen) atoms. The second kappa shape index (κ2) is 2.96. The number of hydrogen-bond donors (Lipinski definition) is 0. The van der Waals surface area contributed by atoms with Gasteiger partial charge in [0.05, 0.1) is 9.99 Å². The zero-order valence-electron chi connectivity index (χ0n) is 6.99. The number of rotatable bonds is 1. The summed E-state index contributed by atoms with van der Waals surface area (Å²) in [6.45, 7) is 1.51. The molecule has 0 amide bonds. The van der Waals surface area contributed by atoms with Crippen LogP contribution in [-0.4, -0.2) is 15.4 Å². The molecule has 0 unspecified atom stereocenters. The van der Waals surface area contributed by atoms with Crippen LogP contribution in [0.4, 0.5) is 0 Å². The van der Waals surface area contributed by atoms with Crippen molar-refractivity contribution in [1.29, 1.82) is 0 Å². The molecule has 0 radical (unpaired) electrons. The lowest BCUT2D eigenvalue weighted by Gasteiger charge is -1.88. The Morgan fingerprint density at radius 3 is 2.92 bits per heavy atom. The molecule has 66 valence electrons. The summed E-state index contributed by atoms with van der Waals surface area (Å²) in [6.07, 6.45) is 1.81. The van der Waals surface area contributed by atoms with Crippen LogP contribution in [0, 0.1) is 0 Å². The molecule has 4 heteroatoms. The lowest BCUT2D eigenvalue weighted by Crippen LogP contribution is -1.94. The van der Waals surface area contributed by atoms with Gasteiger partial charge in [0, 0.05) is 13.1 Å². The number of ketones is 1. The summed E-state index contributed by atoms with van der Waals surface area (Å²) in [5.41, 5.74) is 1.39. The third-order valence-electron chi connectivity index (χ3n) is 1.81. The average Bonchev–Trinajstić information content (AvgIpc) is 2.45. The average molecular weight is 239 g/mol. The normalized spacial score (nSPS) is 10.6. The number of carbonyl (C=O) groups is 1. The van der Waals surface area contributed by atoms with Gasteiger partial charge in [-0.15, -0.1) is 0 Å². The highest BCUT2D eigenvalue weighted by molar-refractivity contribution is 9.10. The van der Waals surface area contributed by atoms with Crippen molar-refractivity contribution >= 4 is 27.2 Å². The lowest BCUT2D eigenvalue weighted by molar-refractivity contribution is 0.101. The number of hydrogen-bond acceptors (Lipinski definition) is 2. The first-order valence-electron chi connectivity index (χ1n) is 3.84. The maximum atomic E-state index is 11.1. The maximum absolute atomic E-state index is 11.1. The largest absolute Gasteiger partial charge is 0.293 e. The second-order valence-electron chi connectivity index (χ2n) is 2.75. The number of fused-ring (bicyclic) bond motifs is 1. The Bertz CT molecular complexity index is 475. The first kappa shape index (κ1) is 8.44. The van der Waals surface area contributed by atoms with Gasteiger partial charge in [0.1, 0.15) is 5.69 Å². The van der Waals surface area contributed by atoms with Crippen molar-refractivity contribution in [3.8, 4) is 0 Å². The highest BCUT2D eigenvalue weighted by atomic mass is 79.9.